The predicted molar refractivity (Wildman–Crippen MR) is 104 cm³/mol. The zero-order chi connectivity index (χ0) is 18.6. The third-order valence-corrected chi connectivity index (χ3v) is 6.31. The summed E-state index contributed by atoms with van der Waals surface area (Å²) < 4.78 is 0. The Bertz CT molecular complexity index is 858. The first-order chi connectivity index (χ1) is 12.4. The molecule has 2 aliphatic rings. The Balaban J connectivity index is 1.65. The Labute approximate surface area is 155 Å². The first-order valence-electron chi connectivity index (χ1n) is 9.69. The Kier molecular flexibility index (Phi) is 4.10. The van der Waals surface area contributed by atoms with Gasteiger partial charge in [0.1, 0.15) is 0 Å². The van der Waals surface area contributed by atoms with Crippen molar-refractivity contribution >= 4 is 11.6 Å². The summed E-state index contributed by atoms with van der Waals surface area (Å²) in [7, 11) is 0. The molecule has 0 amide bonds. The van der Waals surface area contributed by atoms with Crippen LogP contribution in [-0.4, -0.2) is 11.6 Å². The number of ketones is 2. The molecule has 0 fully saturated rings. The normalized spacial score (nSPS) is 21.2. The molecule has 4 rings (SSSR count). The lowest BCUT2D eigenvalue weighted by atomic mass is 9.91. The number of hydrogen-bond donors (Lipinski definition) is 0. The standard InChI is InChI=1S/C24H26O2/c1-13-5-7-17(19-11-15(3)23(25)21(13)19)9-10-18-8-6-14(2)22-20(18)12-16(4)24(22)26/h5-8,15-16H,9-12H2,1-4H3. The molecule has 2 aromatic carbocycles. The van der Waals surface area contributed by atoms with Crippen LogP contribution in [-0.2, 0) is 25.7 Å². The van der Waals surface area contributed by atoms with Crippen molar-refractivity contribution in [3.05, 3.63) is 68.8 Å². The van der Waals surface area contributed by atoms with Gasteiger partial charge in [0.2, 0.25) is 0 Å². The second-order valence-corrected chi connectivity index (χ2v) is 8.23. The van der Waals surface area contributed by atoms with E-state index in [0.717, 1.165) is 47.9 Å². The summed E-state index contributed by atoms with van der Waals surface area (Å²) >= 11 is 0. The fraction of sp³-hybridized carbons (Fsp3) is 0.417. The van der Waals surface area contributed by atoms with Gasteiger partial charge < -0.3 is 0 Å². The van der Waals surface area contributed by atoms with Crippen LogP contribution in [0.1, 0.15) is 67.9 Å². The van der Waals surface area contributed by atoms with Crippen molar-refractivity contribution in [3.63, 3.8) is 0 Å². The Morgan fingerprint density at radius 2 is 1.12 bits per heavy atom. The predicted octanol–water partition coefficient (Wildman–Crippen LogP) is 4.84. The number of hydrogen-bond acceptors (Lipinski definition) is 2. The lowest BCUT2D eigenvalue weighted by Gasteiger charge is -2.13. The van der Waals surface area contributed by atoms with Crippen LogP contribution in [0, 0.1) is 25.7 Å². The molecule has 2 heteroatoms. The number of aryl methyl sites for hydroxylation is 4. The van der Waals surface area contributed by atoms with Gasteiger partial charge in [0.05, 0.1) is 0 Å². The smallest absolute Gasteiger partial charge is 0.166 e. The van der Waals surface area contributed by atoms with Gasteiger partial charge in [0.15, 0.2) is 11.6 Å². The van der Waals surface area contributed by atoms with E-state index in [9.17, 15) is 9.59 Å². The summed E-state index contributed by atoms with van der Waals surface area (Å²) in [5.41, 5.74) is 9.26. The van der Waals surface area contributed by atoms with Crippen LogP contribution < -0.4 is 0 Å². The molecule has 0 spiro atoms. The molecule has 2 atom stereocenters. The molecule has 2 nitrogen and oxygen atoms in total. The van der Waals surface area contributed by atoms with Crippen molar-refractivity contribution < 1.29 is 9.59 Å². The third-order valence-electron chi connectivity index (χ3n) is 6.31. The molecule has 0 saturated carbocycles. The molecule has 2 unspecified atom stereocenters. The minimum atomic E-state index is 0.104. The average molecular weight is 346 g/mol. The van der Waals surface area contributed by atoms with Gasteiger partial charge in [0, 0.05) is 23.0 Å². The molecular weight excluding hydrogens is 320 g/mol. The van der Waals surface area contributed by atoms with Crippen LogP contribution in [0.25, 0.3) is 0 Å². The van der Waals surface area contributed by atoms with Gasteiger partial charge in [-0.2, -0.15) is 0 Å². The van der Waals surface area contributed by atoms with Gasteiger partial charge >= 0.3 is 0 Å². The summed E-state index contributed by atoms with van der Waals surface area (Å²) in [4.78, 5) is 24.9. The van der Waals surface area contributed by atoms with E-state index in [4.69, 9.17) is 0 Å². The summed E-state index contributed by atoms with van der Waals surface area (Å²) in [5, 5.41) is 0. The minimum Gasteiger partial charge on any atom is -0.294 e. The largest absolute Gasteiger partial charge is 0.294 e. The fourth-order valence-electron chi connectivity index (χ4n) is 4.80. The Morgan fingerprint density at radius 3 is 1.50 bits per heavy atom. The number of rotatable bonds is 3. The molecule has 0 heterocycles. The van der Waals surface area contributed by atoms with Gasteiger partial charge in [-0.15, -0.1) is 0 Å². The molecule has 0 radical (unpaired) electrons. The van der Waals surface area contributed by atoms with E-state index in [0.29, 0.717) is 11.6 Å². The highest BCUT2D eigenvalue weighted by Gasteiger charge is 2.32. The Hall–Kier alpha value is -2.22. The van der Waals surface area contributed by atoms with E-state index in [1.807, 2.05) is 27.7 Å². The number of carbonyl (C=O) groups excluding carboxylic acids is 2. The number of carbonyl (C=O) groups is 2. The SMILES string of the molecule is Cc1ccc(CCc2ccc(C)c3c2CC(C)C3=O)c2c1C(=O)C(C)C2. The highest BCUT2D eigenvalue weighted by atomic mass is 16.1. The maximum Gasteiger partial charge on any atom is 0.166 e. The quantitative estimate of drug-likeness (QED) is 0.797. The van der Waals surface area contributed by atoms with Gasteiger partial charge in [-0.3, -0.25) is 9.59 Å². The molecular formula is C24H26O2. The first-order valence-corrected chi connectivity index (χ1v) is 9.69. The van der Waals surface area contributed by atoms with Crippen LogP contribution in [0.15, 0.2) is 24.3 Å². The van der Waals surface area contributed by atoms with Crippen LogP contribution >= 0.6 is 0 Å². The van der Waals surface area contributed by atoms with E-state index < -0.39 is 0 Å². The van der Waals surface area contributed by atoms with Crippen LogP contribution in [0.3, 0.4) is 0 Å². The topological polar surface area (TPSA) is 34.1 Å². The molecule has 0 saturated heterocycles. The second kappa shape index (κ2) is 6.19. The van der Waals surface area contributed by atoms with Gasteiger partial charge in [-0.25, -0.2) is 0 Å². The van der Waals surface area contributed by atoms with Crippen molar-refractivity contribution in [2.75, 3.05) is 0 Å². The number of Topliss-reactive ketones (excluding diaryl/α,β-unsaturated/α-hetero) is 2. The molecule has 0 aromatic heterocycles. The third kappa shape index (κ3) is 2.55. The van der Waals surface area contributed by atoms with E-state index in [1.54, 1.807) is 0 Å². The average Bonchev–Trinajstić information content (AvgIpc) is 3.07. The Morgan fingerprint density at radius 1 is 0.731 bits per heavy atom. The monoisotopic (exact) mass is 346 g/mol. The van der Waals surface area contributed by atoms with Crippen molar-refractivity contribution in [3.8, 4) is 0 Å². The van der Waals surface area contributed by atoms with E-state index in [2.05, 4.69) is 24.3 Å². The molecule has 2 aromatic rings. The molecule has 26 heavy (non-hydrogen) atoms. The number of fused-ring (bicyclic) bond motifs is 2. The van der Waals surface area contributed by atoms with Crippen molar-refractivity contribution in [2.24, 2.45) is 11.8 Å². The van der Waals surface area contributed by atoms with Crippen LogP contribution in [0.4, 0.5) is 0 Å². The van der Waals surface area contributed by atoms with Crippen molar-refractivity contribution in [1.29, 1.82) is 0 Å². The summed E-state index contributed by atoms with van der Waals surface area (Å²) in [5.74, 6) is 0.809. The van der Waals surface area contributed by atoms with Gasteiger partial charge in [-0.1, -0.05) is 38.1 Å². The first kappa shape index (κ1) is 17.2. The molecule has 0 bridgehead atoms. The van der Waals surface area contributed by atoms with Crippen molar-refractivity contribution in [2.45, 2.75) is 53.4 Å². The minimum absolute atomic E-state index is 0.104. The summed E-state index contributed by atoms with van der Waals surface area (Å²) in [6.07, 6.45) is 3.60. The highest BCUT2D eigenvalue weighted by molar-refractivity contribution is 6.04. The lowest BCUT2D eigenvalue weighted by Crippen LogP contribution is -2.05. The maximum atomic E-state index is 12.5. The molecule has 0 N–H and O–H groups in total. The summed E-state index contributed by atoms with van der Waals surface area (Å²) in [6, 6.07) is 8.58. The van der Waals surface area contributed by atoms with E-state index >= 15 is 0 Å². The van der Waals surface area contributed by atoms with Crippen LogP contribution in [0.2, 0.25) is 0 Å². The molecule has 134 valence electrons. The van der Waals surface area contributed by atoms with Gasteiger partial charge in [0.25, 0.3) is 0 Å². The fourth-order valence-corrected chi connectivity index (χ4v) is 4.80. The highest BCUT2D eigenvalue weighted by Crippen LogP contribution is 2.35. The van der Waals surface area contributed by atoms with Crippen molar-refractivity contribution in [1.82, 2.24) is 0 Å². The van der Waals surface area contributed by atoms with Gasteiger partial charge in [-0.05, 0) is 72.9 Å². The summed E-state index contributed by atoms with van der Waals surface area (Å²) in [6.45, 7) is 8.15. The zero-order valence-corrected chi connectivity index (χ0v) is 16.1. The number of benzene rings is 2. The zero-order valence-electron chi connectivity index (χ0n) is 16.1. The van der Waals surface area contributed by atoms with E-state index in [1.165, 1.54) is 22.3 Å². The lowest BCUT2D eigenvalue weighted by molar-refractivity contribution is 0.0938. The van der Waals surface area contributed by atoms with E-state index in [-0.39, 0.29) is 11.8 Å². The van der Waals surface area contributed by atoms with Crippen LogP contribution in [0.5, 0.6) is 0 Å². The molecule has 2 aliphatic carbocycles. The maximum absolute atomic E-state index is 12.5. The second-order valence-electron chi connectivity index (χ2n) is 8.23. The molecule has 0 aliphatic heterocycles.